The number of aliphatic hydroxyl groups excluding tert-OH is 1. The van der Waals surface area contributed by atoms with Gasteiger partial charge < -0.3 is 5.11 Å². The molecule has 5 nitrogen and oxygen atoms in total. The maximum Gasteiger partial charge on any atom is 0.154 e. The Balaban J connectivity index is 2.90. The van der Waals surface area contributed by atoms with E-state index in [4.69, 9.17) is 5.11 Å². The third-order valence-electron chi connectivity index (χ3n) is 1.32. The molecular weight excluding hydrogens is 192 g/mol. The highest BCUT2D eigenvalue weighted by atomic mass is 32.2. The minimum Gasteiger partial charge on any atom is -0.390 e. The maximum atomic E-state index is 10.9. The molecule has 6 heteroatoms. The van der Waals surface area contributed by atoms with Crippen molar-refractivity contribution in [3.63, 3.8) is 0 Å². The lowest BCUT2D eigenvalue weighted by molar-refractivity contribution is 0.276. The van der Waals surface area contributed by atoms with Gasteiger partial charge in [-0.3, -0.25) is 0 Å². The van der Waals surface area contributed by atoms with E-state index in [0.717, 1.165) is 6.26 Å². The van der Waals surface area contributed by atoms with E-state index in [1.54, 1.807) is 0 Å². The highest BCUT2D eigenvalue weighted by Crippen LogP contribution is 1.99. The third kappa shape index (κ3) is 3.47. The van der Waals surface area contributed by atoms with Gasteiger partial charge in [0, 0.05) is 12.5 Å². The monoisotopic (exact) mass is 202 g/mol. The van der Waals surface area contributed by atoms with Crippen LogP contribution < -0.4 is 0 Å². The Morgan fingerprint density at radius 2 is 2.23 bits per heavy atom. The first-order chi connectivity index (χ1) is 6.01. The van der Waals surface area contributed by atoms with Crippen LogP contribution in [0.1, 0.15) is 11.5 Å². The first kappa shape index (κ1) is 10.1. The molecule has 1 N–H and O–H groups in total. The molecule has 72 valence electrons. The molecule has 0 fully saturated rings. The number of sulfone groups is 1. The molecule has 1 aromatic heterocycles. The summed E-state index contributed by atoms with van der Waals surface area (Å²) in [5, 5.41) is 8.72. The highest BCUT2D eigenvalue weighted by molar-refractivity contribution is 7.89. The van der Waals surface area contributed by atoms with Crippen molar-refractivity contribution in [3.05, 3.63) is 23.8 Å². The van der Waals surface area contributed by atoms with Crippen LogP contribution in [0.2, 0.25) is 0 Å². The zero-order valence-corrected chi connectivity index (χ0v) is 7.95. The van der Waals surface area contributed by atoms with Gasteiger partial charge in [0.05, 0.1) is 12.3 Å². The van der Waals surface area contributed by atoms with Crippen molar-refractivity contribution in [1.82, 2.24) is 9.97 Å². The molecule has 0 bridgehead atoms. The normalized spacial score (nSPS) is 11.5. The van der Waals surface area contributed by atoms with E-state index in [9.17, 15) is 8.42 Å². The smallest absolute Gasteiger partial charge is 0.154 e. The van der Waals surface area contributed by atoms with Gasteiger partial charge in [0.1, 0.15) is 11.6 Å². The lowest BCUT2D eigenvalue weighted by atomic mass is 10.4. The predicted molar refractivity (Wildman–Crippen MR) is 46.5 cm³/mol. The fourth-order valence-corrected chi connectivity index (χ4v) is 1.44. The fourth-order valence-electron chi connectivity index (χ4n) is 0.833. The van der Waals surface area contributed by atoms with Crippen molar-refractivity contribution < 1.29 is 13.5 Å². The van der Waals surface area contributed by atoms with Crippen LogP contribution in [0.3, 0.4) is 0 Å². The summed E-state index contributed by atoms with van der Waals surface area (Å²) in [5.41, 5.74) is 0.425. The number of hydrogen-bond donors (Lipinski definition) is 1. The molecule has 1 aromatic rings. The first-order valence-corrected chi connectivity index (χ1v) is 5.67. The number of hydrogen-bond acceptors (Lipinski definition) is 5. The third-order valence-corrected chi connectivity index (χ3v) is 2.10. The van der Waals surface area contributed by atoms with Crippen molar-refractivity contribution in [2.75, 3.05) is 6.26 Å². The molecule has 0 aliphatic carbocycles. The summed E-state index contributed by atoms with van der Waals surface area (Å²) in [7, 11) is -3.11. The van der Waals surface area contributed by atoms with Crippen LogP contribution in [0, 0.1) is 0 Å². The van der Waals surface area contributed by atoms with E-state index >= 15 is 0 Å². The molecule has 13 heavy (non-hydrogen) atoms. The molecule has 0 aliphatic heterocycles. The van der Waals surface area contributed by atoms with E-state index in [2.05, 4.69) is 9.97 Å². The van der Waals surface area contributed by atoms with Crippen LogP contribution in [0.5, 0.6) is 0 Å². The summed E-state index contributed by atoms with van der Waals surface area (Å²) in [6.45, 7) is -0.209. The lowest BCUT2D eigenvalue weighted by Crippen LogP contribution is -2.06. The molecule has 0 unspecified atom stereocenters. The zero-order chi connectivity index (χ0) is 9.90. The van der Waals surface area contributed by atoms with Gasteiger partial charge in [-0.1, -0.05) is 0 Å². The Morgan fingerprint density at radius 3 is 2.77 bits per heavy atom. The average molecular weight is 202 g/mol. The second-order valence-electron chi connectivity index (χ2n) is 2.69. The summed E-state index contributed by atoms with van der Waals surface area (Å²) in [6, 6.07) is 1.53. The van der Waals surface area contributed by atoms with E-state index in [1.807, 2.05) is 0 Å². The van der Waals surface area contributed by atoms with E-state index in [-0.39, 0.29) is 18.2 Å². The van der Waals surface area contributed by atoms with E-state index < -0.39 is 9.84 Å². The number of rotatable bonds is 3. The van der Waals surface area contributed by atoms with Crippen molar-refractivity contribution in [1.29, 1.82) is 0 Å². The topological polar surface area (TPSA) is 80.2 Å². The Hall–Kier alpha value is -1.01. The Morgan fingerprint density at radius 1 is 1.54 bits per heavy atom. The molecule has 0 atom stereocenters. The van der Waals surface area contributed by atoms with Gasteiger partial charge in [0.15, 0.2) is 9.84 Å². The minimum absolute atomic E-state index is 0.194. The summed E-state index contributed by atoms with van der Waals surface area (Å²) in [4.78, 5) is 7.61. The number of aliphatic hydroxyl groups is 1. The molecule has 0 saturated heterocycles. The maximum absolute atomic E-state index is 10.9. The molecule has 0 radical (unpaired) electrons. The molecule has 0 saturated carbocycles. The molecule has 1 heterocycles. The number of aromatic nitrogens is 2. The van der Waals surface area contributed by atoms with Gasteiger partial charge in [-0.25, -0.2) is 18.4 Å². The molecule has 0 spiro atoms. The molecule has 0 aliphatic rings. The summed E-state index contributed by atoms with van der Waals surface area (Å²) < 4.78 is 21.7. The van der Waals surface area contributed by atoms with Gasteiger partial charge >= 0.3 is 0 Å². The summed E-state index contributed by atoms with van der Waals surface area (Å²) in [6.07, 6.45) is 2.54. The molecular formula is C7H10N2O3S. The van der Waals surface area contributed by atoms with Crippen LogP contribution in [-0.2, 0) is 22.2 Å². The van der Waals surface area contributed by atoms with Crippen molar-refractivity contribution in [2.24, 2.45) is 0 Å². The molecule has 1 rings (SSSR count). The van der Waals surface area contributed by atoms with Gasteiger partial charge in [-0.15, -0.1) is 0 Å². The van der Waals surface area contributed by atoms with Gasteiger partial charge in [-0.2, -0.15) is 0 Å². The Bertz CT molecular complexity index is 388. The van der Waals surface area contributed by atoms with E-state index in [1.165, 1.54) is 12.3 Å². The zero-order valence-electron chi connectivity index (χ0n) is 7.14. The summed E-state index contributed by atoms with van der Waals surface area (Å²) in [5.74, 6) is 0.0231. The van der Waals surface area contributed by atoms with Crippen LogP contribution in [0.15, 0.2) is 12.3 Å². The highest BCUT2D eigenvalue weighted by Gasteiger charge is 2.07. The van der Waals surface area contributed by atoms with Gasteiger partial charge in [0.25, 0.3) is 0 Å². The second kappa shape index (κ2) is 3.80. The summed E-state index contributed by atoms with van der Waals surface area (Å²) >= 11 is 0. The van der Waals surface area contributed by atoms with Crippen molar-refractivity contribution >= 4 is 9.84 Å². The first-order valence-electron chi connectivity index (χ1n) is 3.60. The minimum atomic E-state index is -3.11. The van der Waals surface area contributed by atoms with E-state index in [0.29, 0.717) is 5.69 Å². The van der Waals surface area contributed by atoms with Crippen molar-refractivity contribution in [2.45, 2.75) is 12.4 Å². The lowest BCUT2D eigenvalue weighted by Gasteiger charge is -1.99. The van der Waals surface area contributed by atoms with Gasteiger partial charge in [0.2, 0.25) is 0 Å². The fraction of sp³-hybridized carbons (Fsp3) is 0.429. The Kier molecular flexibility index (Phi) is 2.94. The number of nitrogens with zero attached hydrogens (tertiary/aromatic N) is 2. The van der Waals surface area contributed by atoms with Gasteiger partial charge in [-0.05, 0) is 6.07 Å². The largest absolute Gasteiger partial charge is 0.390 e. The van der Waals surface area contributed by atoms with Crippen LogP contribution in [0.25, 0.3) is 0 Å². The quantitative estimate of drug-likeness (QED) is 0.715. The Labute approximate surface area is 76.4 Å². The average Bonchev–Trinajstić information content (AvgIpc) is 2.01. The molecule has 0 aromatic carbocycles. The molecule has 0 amide bonds. The van der Waals surface area contributed by atoms with Crippen LogP contribution in [-0.4, -0.2) is 29.7 Å². The second-order valence-corrected chi connectivity index (χ2v) is 4.83. The van der Waals surface area contributed by atoms with Crippen molar-refractivity contribution in [3.8, 4) is 0 Å². The van der Waals surface area contributed by atoms with Crippen LogP contribution >= 0.6 is 0 Å². The SMILES string of the molecule is CS(=O)(=O)Cc1nccc(CO)n1. The predicted octanol–water partition coefficient (Wildman–Crippen LogP) is -0.487. The standard InChI is InChI=1S/C7H10N2O3S/c1-13(11,12)5-7-8-3-2-6(4-10)9-7/h2-3,10H,4-5H2,1H3. The van der Waals surface area contributed by atoms with Crippen LogP contribution in [0.4, 0.5) is 0 Å².